The third-order valence-electron chi connectivity index (χ3n) is 6.07. The molecule has 2 aromatic carbocycles. The van der Waals surface area contributed by atoms with Crippen LogP contribution in [0.3, 0.4) is 0 Å². The Bertz CT molecular complexity index is 1700. The number of hydrazone groups is 1. The number of rotatable bonds is 5. The van der Waals surface area contributed by atoms with Crippen molar-refractivity contribution >= 4 is 39.2 Å². The Hall–Kier alpha value is -5.06. The van der Waals surface area contributed by atoms with Crippen LogP contribution in [0.5, 0.6) is 0 Å². The number of aromatic nitrogens is 2. The Balaban J connectivity index is 1.35. The van der Waals surface area contributed by atoms with Gasteiger partial charge in [0.2, 0.25) is 0 Å². The average Bonchev–Trinajstić information content (AvgIpc) is 3.64. The minimum absolute atomic E-state index is 0.0509. The molecule has 0 saturated heterocycles. The third-order valence-corrected chi connectivity index (χ3v) is 6.07. The molecular formula is C25H17N5O6. The number of nitro benzene ring substituents is 1. The van der Waals surface area contributed by atoms with Gasteiger partial charge in [-0.3, -0.25) is 24.3 Å². The summed E-state index contributed by atoms with van der Waals surface area (Å²) in [5.41, 5.74) is 0.780. The number of non-ortho nitro benzene ring substituents is 1. The fraction of sp³-hybridized carbons (Fsp3) is 0.120. The van der Waals surface area contributed by atoms with E-state index in [1.54, 1.807) is 12.1 Å². The van der Waals surface area contributed by atoms with Crippen molar-refractivity contribution in [1.29, 1.82) is 0 Å². The van der Waals surface area contributed by atoms with Crippen molar-refractivity contribution in [1.82, 2.24) is 14.6 Å². The van der Waals surface area contributed by atoms with Gasteiger partial charge in [0.1, 0.15) is 29.6 Å². The maximum absolute atomic E-state index is 13.4. The number of hydrogen-bond donors (Lipinski definition) is 0. The smallest absolute Gasteiger partial charge is 0.270 e. The molecule has 36 heavy (non-hydrogen) atoms. The summed E-state index contributed by atoms with van der Waals surface area (Å²) < 4.78 is 12.6. The molecule has 1 atom stereocenters. The van der Waals surface area contributed by atoms with E-state index in [9.17, 15) is 19.7 Å². The summed E-state index contributed by atoms with van der Waals surface area (Å²) in [5.74, 6) is 0.605. The van der Waals surface area contributed by atoms with Gasteiger partial charge >= 0.3 is 0 Å². The fourth-order valence-corrected chi connectivity index (χ4v) is 4.31. The molecule has 1 amide bonds. The highest BCUT2D eigenvalue weighted by molar-refractivity contribution is 6.03. The van der Waals surface area contributed by atoms with E-state index in [1.165, 1.54) is 29.7 Å². The van der Waals surface area contributed by atoms with E-state index >= 15 is 0 Å². The summed E-state index contributed by atoms with van der Waals surface area (Å²) in [6.45, 7) is -0.363. The minimum atomic E-state index is -0.589. The summed E-state index contributed by atoms with van der Waals surface area (Å²) >= 11 is 0. The van der Waals surface area contributed by atoms with Gasteiger partial charge in [0, 0.05) is 23.9 Å². The normalized spacial score (nSPS) is 15.5. The van der Waals surface area contributed by atoms with Gasteiger partial charge < -0.3 is 8.83 Å². The lowest BCUT2D eigenvalue weighted by Gasteiger charge is -2.20. The van der Waals surface area contributed by atoms with Crippen LogP contribution in [0.4, 0.5) is 5.69 Å². The van der Waals surface area contributed by atoms with Crippen LogP contribution >= 0.6 is 0 Å². The van der Waals surface area contributed by atoms with E-state index in [0.717, 1.165) is 16.0 Å². The zero-order valence-electron chi connectivity index (χ0n) is 18.6. The maximum Gasteiger partial charge on any atom is 0.270 e. The van der Waals surface area contributed by atoms with Gasteiger partial charge in [0.15, 0.2) is 5.76 Å². The van der Waals surface area contributed by atoms with Crippen LogP contribution in [0.2, 0.25) is 0 Å². The van der Waals surface area contributed by atoms with E-state index in [1.807, 2.05) is 30.3 Å². The fourth-order valence-electron chi connectivity index (χ4n) is 4.31. The van der Waals surface area contributed by atoms with Crippen LogP contribution < -0.4 is 5.56 Å². The zero-order chi connectivity index (χ0) is 24.8. The van der Waals surface area contributed by atoms with Crippen LogP contribution in [0, 0.1) is 10.1 Å². The molecule has 4 heterocycles. The highest BCUT2D eigenvalue weighted by atomic mass is 16.6. The highest BCUT2D eigenvalue weighted by Gasteiger charge is 2.36. The number of nitrogens with zero attached hydrogens (tertiary/aromatic N) is 5. The Kier molecular flexibility index (Phi) is 4.95. The quantitative estimate of drug-likeness (QED) is 0.272. The van der Waals surface area contributed by atoms with Gasteiger partial charge in [-0.05, 0) is 30.3 Å². The first-order valence-electron chi connectivity index (χ1n) is 11.0. The first-order valence-corrected chi connectivity index (χ1v) is 11.0. The summed E-state index contributed by atoms with van der Waals surface area (Å²) in [6.07, 6.45) is 3.12. The molecule has 5 aromatic rings. The Labute approximate surface area is 202 Å². The first kappa shape index (κ1) is 21.5. The number of para-hydroxylation sites is 1. The molecule has 1 aliphatic heterocycles. The van der Waals surface area contributed by atoms with E-state index in [4.69, 9.17) is 8.83 Å². The maximum atomic E-state index is 13.4. The standard InChI is InChI=1S/C25H17N5O6/c31-24(13-28-14-26-18-8-7-16(30(33)34)11-17(18)25(28)32)29-20(22-6-3-9-35-22)12-19(27-29)23-10-15-4-1-2-5-21(15)36-23/h1-11,14,20H,12-13H2. The highest BCUT2D eigenvalue weighted by Crippen LogP contribution is 2.34. The van der Waals surface area contributed by atoms with Crippen molar-refractivity contribution in [3.05, 3.63) is 105 Å². The third kappa shape index (κ3) is 3.63. The summed E-state index contributed by atoms with van der Waals surface area (Å²) in [5, 5.41) is 17.9. The SMILES string of the molecule is O=C(Cn1cnc2ccc([N+](=O)[O-])cc2c1=O)N1N=C(c2cc3ccccc3o2)CC1c1ccco1. The van der Waals surface area contributed by atoms with E-state index < -0.39 is 22.4 Å². The van der Waals surface area contributed by atoms with Crippen molar-refractivity contribution in [2.75, 3.05) is 0 Å². The van der Waals surface area contributed by atoms with Crippen molar-refractivity contribution in [3.63, 3.8) is 0 Å². The zero-order valence-corrected chi connectivity index (χ0v) is 18.6. The van der Waals surface area contributed by atoms with Crippen molar-refractivity contribution in [3.8, 4) is 0 Å². The van der Waals surface area contributed by atoms with Gasteiger partial charge in [-0.2, -0.15) is 5.10 Å². The number of nitro groups is 1. The molecule has 1 aliphatic rings. The van der Waals surface area contributed by atoms with Crippen molar-refractivity contribution in [2.24, 2.45) is 5.10 Å². The minimum Gasteiger partial charge on any atom is -0.467 e. The van der Waals surface area contributed by atoms with E-state index in [2.05, 4.69) is 10.1 Å². The summed E-state index contributed by atoms with van der Waals surface area (Å²) in [6, 6.07) is 16.2. The average molecular weight is 483 g/mol. The van der Waals surface area contributed by atoms with E-state index in [0.29, 0.717) is 34.8 Å². The van der Waals surface area contributed by atoms with Crippen LogP contribution in [-0.4, -0.2) is 31.1 Å². The lowest BCUT2D eigenvalue weighted by Crippen LogP contribution is -2.34. The molecule has 0 saturated carbocycles. The summed E-state index contributed by atoms with van der Waals surface area (Å²) in [4.78, 5) is 41.1. The Morgan fingerprint density at radius 1 is 1.14 bits per heavy atom. The predicted molar refractivity (Wildman–Crippen MR) is 128 cm³/mol. The molecule has 0 aliphatic carbocycles. The molecule has 11 heteroatoms. The predicted octanol–water partition coefficient (Wildman–Crippen LogP) is 4.02. The number of fused-ring (bicyclic) bond motifs is 2. The van der Waals surface area contributed by atoms with Gasteiger partial charge in [0.05, 0.1) is 28.4 Å². The molecular weight excluding hydrogens is 466 g/mol. The number of furan rings is 2. The second-order valence-electron chi connectivity index (χ2n) is 8.31. The topological polar surface area (TPSA) is 137 Å². The molecule has 178 valence electrons. The van der Waals surface area contributed by atoms with Crippen molar-refractivity contribution in [2.45, 2.75) is 19.0 Å². The largest absolute Gasteiger partial charge is 0.467 e. The van der Waals surface area contributed by atoms with Gasteiger partial charge in [-0.15, -0.1) is 0 Å². The number of benzene rings is 2. The molecule has 0 spiro atoms. The van der Waals surface area contributed by atoms with Crippen LogP contribution in [0.15, 0.2) is 92.0 Å². The molecule has 1 unspecified atom stereocenters. The molecule has 0 N–H and O–H groups in total. The second kappa shape index (κ2) is 8.31. The van der Waals surface area contributed by atoms with Gasteiger partial charge in [-0.1, -0.05) is 18.2 Å². The van der Waals surface area contributed by atoms with Crippen molar-refractivity contribution < 1.29 is 18.6 Å². The monoisotopic (exact) mass is 483 g/mol. The lowest BCUT2D eigenvalue weighted by atomic mass is 10.1. The Morgan fingerprint density at radius 3 is 2.78 bits per heavy atom. The number of hydrogen-bond acceptors (Lipinski definition) is 8. The Morgan fingerprint density at radius 2 is 2.00 bits per heavy atom. The molecule has 0 bridgehead atoms. The van der Waals surface area contributed by atoms with Crippen LogP contribution in [0.1, 0.15) is 24.0 Å². The van der Waals surface area contributed by atoms with E-state index in [-0.39, 0.29) is 17.6 Å². The second-order valence-corrected chi connectivity index (χ2v) is 8.31. The summed E-state index contributed by atoms with van der Waals surface area (Å²) in [7, 11) is 0. The number of carbonyl (C=O) groups excluding carboxylic acids is 1. The molecule has 11 nitrogen and oxygen atoms in total. The van der Waals surface area contributed by atoms with Crippen LogP contribution in [-0.2, 0) is 11.3 Å². The molecule has 6 rings (SSSR count). The molecule has 0 radical (unpaired) electrons. The first-order chi connectivity index (χ1) is 17.5. The molecule has 3 aromatic heterocycles. The lowest BCUT2D eigenvalue weighted by molar-refractivity contribution is -0.384. The van der Waals surface area contributed by atoms with Gasteiger partial charge in [0.25, 0.3) is 17.2 Å². The van der Waals surface area contributed by atoms with Crippen LogP contribution in [0.25, 0.3) is 21.9 Å². The number of carbonyl (C=O) groups is 1. The molecule has 0 fully saturated rings. The van der Waals surface area contributed by atoms with Gasteiger partial charge in [-0.25, -0.2) is 9.99 Å². The number of amides is 1.